The van der Waals surface area contributed by atoms with E-state index in [1.807, 2.05) is 19.1 Å². The number of carbonyl (C=O) groups is 1. The summed E-state index contributed by atoms with van der Waals surface area (Å²) in [7, 11) is 0. The topological polar surface area (TPSA) is 85.2 Å². The van der Waals surface area contributed by atoms with Crippen molar-refractivity contribution in [1.82, 2.24) is 0 Å². The number of benzene rings is 1. The van der Waals surface area contributed by atoms with Crippen LogP contribution in [0, 0.1) is 0 Å². The lowest BCUT2D eigenvalue weighted by atomic mass is 10.0. The van der Waals surface area contributed by atoms with Crippen molar-refractivity contribution in [2.45, 2.75) is 51.6 Å². The van der Waals surface area contributed by atoms with Gasteiger partial charge < -0.3 is 24.4 Å². The van der Waals surface area contributed by atoms with E-state index < -0.39 is 17.9 Å². The Bertz CT molecular complexity index is 735. The highest BCUT2D eigenvalue weighted by Crippen LogP contribution is 2.41. The Morgan fingerprint density at radius 1 is 1.32 bits per heavy atom. The average molecular weight is 346 g/mol. The molecule has 1 aromatic rings. The monoisotopic (exact) mass is 346 g/mol. The molecule has 0 amide bonds. The van der Waals surface area contributed by atoms with Gasteiger partial charge >= 0.3 is 5.97 Å². The SMILES string of the molecule is CCC=CC1(CCc2ccc(O)c(CO)c2)OC2=C(O1)C(C)OC2=O. The maximum Gasteiger partial charge on any atom is 0.378 e. The number of allylic oxidation sites excluding steroid dienone is 1. The highest BCUT2D eigenvalue weighted by Gasteiger charge is 2.49. The highest BCUT2D eigenvalue weighted by molar-refractivity contribution is 5.90. The van der Waals surface area contributed by atoms with Crippen molar-refractivity contribution < 1.29 is 29.2 Å². The molecule has 25 heavy (non-hydrogen) atoms. The largest absolute Gasteiger partial charge is 0.508 e. The first-order valence-corrected chi connectivity index (χ1v) is 8.40. The van der Waals surface area contributed by atoms with Gasteiger partial charge in [0, 0.05) is 12.0 Å². The number of ether oxygens (including phenoxy) is 3. The van der Waals surface area contributed by atoms with Gasteiger partial charge in [0.2, 0.25) is 0 Å². The first-order chi connectivity index (χ1) is 12.0. The lowest BCUT2D eigenvalue weighted by molar-refractivity contribution is -0.167. The summed E-state index contributed by atoms with van der Waals surface area (Å²) in [5.41, 5.74) is 1.41. The predicted octanol–water partition coefficient (Wildman–Crippen LogP) is 2.68. The van der Waals surface area contributed by atoms with Gasteiger partial charge in [0.05, 0.1) is 6.61 Å². The van der Waals surface area contributed by atoms with Crippen LogP contribution in [-0.2, 0) is 32.0 Å². The zero-order chi connectivity index (χ0) is 18.0. The Morgan fingerprint density at radius 2 is 2.12 bits per heavy atom. The third-order valence-corrected chi connectivity index (χ3v) is 4.30. The molecule has 0 bridgehead atoms. The Hall–Kier alpha value is -2.47. The first-order valence-electron chi connectivity index (χ1n) is 8.40. The van der Waals surface area contributed by atoms with Gasteiger partial charge in [-0.05, 0) is 43.5 Å². The summed E-state index contributed by atoms with van der Waals surface area (Å²) in [5, 5.41) is 18.9. The normalized spacial score (nSPS) is 25.1. The van der Waals surface area contributed by atoms with E-state index in [4.69, 9.17) is 14.2 Å². The number of aliphatic hydroxyl groups is 1. The van der Waals surface area contributed by atoms with E-state index in [1.54, 1.807) is 25.1 Å². The molecular weight excluding hydrogens is 324 g/mol. The summed E-state index contributed by atoms with van der Waals surface area (Å²) in [6, 6.07) is 5.10. The summed E-state index contributed by atoms with van der Waals surface area (Å²) in [4.78, 5) is 11.9. The number of hydrogen-bond acceptors (Lipinski definition) is 6. The van der Waals surface area contributed by atoms with Crippen LogP contribution in [0.5, 0.6) is 5.75 Å². The van der Waals surface area contributed by atoms with Gasteiger partial charge in [0.25, 0.3) is 11.5 Å². The summed E-state index contributed by atoms with van der Waals surface area (Å²) < 4.78 is 16.9. The van der Waals surface area contributed by atoms with E-state index in [1.165, 1.54) is 0 Å². The number of rotatable bonds is 6. The van der Waals surface area contributed by atoms with Gasteiger partial charge in [0.1, 0.15) is 5.75 Å². The van der Waals surface area contributed by atoms with Crippen molar-refractivity contribution in [2.75, 3.05) is 0 Å². The molecule has 0 aromatic heterocycles. The fourth-order valence-electron chi connectivity index (χ4n) is 2.94. The summed E-state index contributed by atoms with van der Waals surface area (Å²) in [6.45, 7) is 3.52. The molecule has 2 aliphatic rings. The maximum absolute atomic E-state index is 11.9. The van der Waals surface area contributed by atoms with E-state index in [0.717, 1.165) is 12.0 Å². The summed E-state index contributed by atoms with van der Waals surface area (Å²) in [5.74, 6) is -0.882. The van der Waals surface area contributed by atoms with Gasteiger partial charge in [-0.1, -0.05) is 19.1 Å². The van der Waals surface area contributed by atoms with E-state index in [-0.39, 0.29) is 18.1 Å². The molecular formula is C19H22O6. The lowest BCUT2D eigenvalue weighted by Crippen LogP contribution is -2.32. The molecule has 0 saturated heterocycles. The van der Waals surface area contributed by atoms with Crippen LogP contribution in [0.4, 0.5) is 0 Å². The molecule has 2 aliphatic heterocycles. The molecule has 134 valence electrons. The standard InChI is InChI=1S/C19H22O6/c1-3-4-8-19(24-16-12(2)23-18(22)17(16)25-19)9-7-13-5-6-15(21)14(10-13)11-20/h4-6,8,10,12,20-21H,3,7,9,11H2,1-2H3. The molecule has 0 saturated carbocycles. The average Bonchev–Trinajstić information content (AvgIpc) is 3.10. The van der Waals surface area contributed by atoms with Crippen LogP contribution in [0.15, 0.2) is 41.9 Å². The first kappa shape index (κ1) is 17.4. The fourth-order valence-corrected chi connectivity index (χ4v) is 2.94. The van der Waals surface area contributed by atoms with Crippen LogP contribution in [0.25, 0.3) is 0 Å². The highest BCUT2D eigenvalue weighted by atomic mass is 16.8. The smallest absolute Gasteiger partial charge is 0.378 e. The van der Waals surface area contributed by atoms with Crippen LogP contribution in [0.1, 0.15) is 37.8 Å². The Kier molecular flexibility index (Phi) is 4.72. The number of esters is 1. The van der Waals surface area contributed by atoms with Crippen LogP contribution >= 0.6 is 0 Å². The Morgan fingerprint density at radius 3 is 2.80 bits per heavy atom. The van der Waals surface area contributed by atoms with E-state index in [2.05, 4.69) is 0 Å². The number of hydrogen-bond donors (Lipinski definition) is 2. The van der Waals surface area contributed by atoms with Crippen molar-refractivity contribution in [3.8, 4) is 5.75 Å². The molecule has 2 N–H and O–H groups in total. The quantitative estimate of drug-likeness (QED) is 0.608. The second-order valence-electron chi connectivity index (χ2n) is 6.19. The predicted molar refractivity (Wildman–Crippen MR) is 89.3 cm³/mol. The molecule has 0 radical (unpaired) electrons. The number of cyclic esters (lactones) is 1. The molecule has 0 spiro atoms. The fraction of sp³-hybridized carbons (Fsp3) is 0.421. The van der Waals surface area contributed by atoms with Crippen LogP contribution in [0.2, 0.25) is 0 Å². The van der Waals surface area contributed by atoms with Gasteiger partial charge in [-0.3, -0.25) is 0 Å². The van der Waals surface area contributed by atoms with Gasteiger partial charge in [-0.15, -0.1) is 0 Å². The number of phenols is 1. The maximum atomic E-state index is 11.9. The van der Waals surface area contributed by atoms with E-state index in [0.29, 0.717) is 24.2 Å². The van der Waals surface area contributed by atoms with Crippen molar-refractivity contribution in [2.24, 2.45) is 0 Å². The zero-order valence-electron chi connectivity index (χ0n) is 14.3. The van der Waals surface area contributed by atoms with Crippen molar-refractivity contribution in [1.29, 1.82) is 0 Å². The van der Waals surface area contributed by atoms with Gasteiger partial charge in [-0.25, -0.2) is 4.79 Å². The van der Waals surface area contributed by atoms with Crippen LogP contribution in [-0.4, -0.2) is 28.1 Å². The lowest BCUT2D eigenvalue weighted by Gasteiger charge is -2.27. The minimum absolute atomic E-state index is 0.0671. The van der Waals surface area contributed by atoms with Gasteiger partial charge in [0.15, 0.2) is 11.9 Å². The van der Waals surface area contributed by atoms with Gasteiger partial charge in [-0.2, -0.15) is 0 Å². The van der Waals surface area contributed by atoms with Crippen molar-refractivity contribution in [3.63, 3.8) is 0 Å². The van der Waals surface area contributed by atoms with E-state index >= 15 is 0 Å². The van der Waals surface area contributed by atoms with Crippen LogP contribution in [0.3, 0.4) is 0 Å². The minimum Gasteiger partial charge on any atom is -0.508 e. The van der Waals surface area contributed by atoms with E-state index in [9.17, 15) is 15.0 Å². The molecule has 1 aromatic carbocycles. The second-order valence-corrected chi connectivity index (χ2v) is 6.19. The minimum atomic E-state index is -1.04. The van der Waals surface area contributed by atoms with Crippen molar-refractivity contribution >= 4 is 5.97 Å². The molecule has 2 heterocycles. The summed E-state index contributed by atoms with van der Waals surface area (Å²) >= 11 is 0. The molecule has 3 rings (SSSR count). The number of aliphatic hydroxyl groups excluding tert-OH is 1. The molecule has 6 heteroatoms. The number of aryl methyl sites for hydroxylation is 1. The molecule has 6 nitrogen and oxygen atoms in total. The Balaban J connectivity index is 1.77. The Labute approximate surface area is 146 Å². The second kappa shape index (κ2) is 6.80. The molecule has 2 unspecified atom stereocenters. The number of carbonyl (C=O) groups excluding carboxylic acids is 1. The third-order valence-electron chi connectivity index (χ3n) is 4.30. The van der Waals surface area contributed by atoms with Crippen molar-refractivity contribution in [3.05, 3.63) is 53.0 Å². The molecule has 0 fully saturated rings. The molecule has 0 aliphatic carbocycles. The summed E-state index contributed by atoms with van der Waals surface area (Å²) in [6.07, 6.45) is 5.20. The zero-order valence-corrected chi connectivity index (χ0v) is 14.3. The molecule has 2 atom stereocenters. The number of aromatic hydroxyl groups is 1. The third kappa shape index (κ3) is 3.35. The van der Waals surface area contributed by atoms with Crippen LogP contribution < -0.4 is 0 Å².